The van der Waals surface area contributed by atoms with Crippen molar-refractivity contribution in [3.8, 4) is 11.5 Å². The highest BCUT2D eigenvalue weighted by Crippen LogP contribution is 2.36. The highest BCUT2D eigenvalue weighted by atomic mass is 32.2. The van der Waals surface area contributed by atoms with Gasteiger partial charge in [0.05, 0.1) is 23.5 Å². The molecule has 0 fully saturated rings. The van der Waals surface area contributed by atoms with Crippen LogP contribution in [-0.4, -0.2) is 32.4 Å². The summed E-state index contributed by atoms with van der Waals surface area (Å²) in [6.07, 6.45) is 3.62. The first-order valence-corrected chi connectivity index (χ1v) is 10.4. The summed E-state index contributed by atoms with van der Waals surface area (Å²) in [4.78, 5) is 17.7. The van der Waals surface area contributed by atoms with Gasteiger partial charge in [-0.1, -0.05) is 18.2 Å². The number of carbonyl (C=O) groups is 1. The van der Waals surface area contributed by atoms with Crippen molar-refractivity contribution in [2.24, 2.45) is 7.05 Å². The Kier molecular flexibility index (Phi) is 5.34. The van der Waals surface area contributed by atoms with Crippen LogP contribution in [-0.2, 0) is 17.4 Å². The Hall–Kier alpha value is -2.77. The fraction of sp³-hybridized carbons (Fsp3) is 0.273. The summed E-state index contributed by atoms with van der Waals surface area (Å²) in [5.74, 6) is 1.25. The first kappa shape index (κ1) is 19.5. The Morgan fingerprint density at radius 2 is 2.00 bits per heavy atom. The zero-order valence-electron chi connectivity index (χ0n) is 16.3. The summed E-state index contributed by atoms with van der Waals surface area (Å²) in [5, 5.41) is 14.4. The number of fused-ring (bicyclic) bond motifs is 4. The van der Waals surface area contributed by atoms with Crippen LogP contribution in [0.2, 0.25) is 0 Å². The number of ether oxygens (including phenoxy) is 1. The summed E-state index contributed by atoms with van der Waals surface area (Å²) >= 11 is 1.47. The first-order chi connectivity index (χ1) is 14.0. The molecule has 1 amide bonds. The molecular weight excluding hydrogens is 386 g/mol. The number of thioether (sulfide) groups is 1. The molecule has 0 spiro atoms. The molecule has 1 aromatic heterocycles. The second-order valence-electron chi connectivity index (χ2n) is 7.16. The van der Waals surface area contributed by atoms with Gasteiger partial charge in [-0.25, -0.2) is 4.98 Å². The molecule has 3 aromatic rings. The van der Waals surface area contributed by atoms with E-state index >= 15 is 0 Å². The van der Waals surface area contributed by atoms with Crippen LogP contribution in [0.4, 0.5) is 0 Å². The molecule has 29 heavy (non-hydrogen) atoms. The van der Waals surface area contributed by atoms with E-state index in [1.54, 1.807) is 17.1 Å². The maximum absolute atomic E-state index is 12.6. The van der Waals surface area contributed by atoms with Crippen molar-refractivity contribution in [2.75, 3.05) is 6.54 Å². The molecule has 0 saturated heterocycles. The summed E-state index contributed by atoms with van der Waals surface area (Å²) < 4.78 is 7.85. The number of nitrogens with one attached hydrogen (secondary N) is 1. The summed E-state index contributed by atoms with van der Waals surface area (Å²) in [6.45, 7) is 2.20. The van der Waals surface area contributed by atoms with Crippen molar-refractivity contribution >= 4 is 17.7 Å². The Balaban J connectivity index is 1.79. The van der Waals surface area contributed by atoms with Crippen LogP contribution in [0.5, 0.6) is 11.5 Å². The number of nitrogens with zero attached hydrogens (tertiary/aromatic N) is 2. The normalized spacial score (nSPS) is 22.3. The van der Waals surface area contributed by atoms with E-state index in [9.17, 15) is 9.90 Å². The smallest absolute Gasteiger partial charge is 0.233 e. The van der Waals surface area contributed by atoms with Gasteiger partial charge in [0.1, 0.15) is 17.1 Å². The number of rotatable bonds is 1. The van der Waals surface area contributed by atoms with Gasteiger partial charge >= 0.3 is 0 Å². The van der Waals surface area contributed by atoms with Gasteiger partial charge in [-0.2, -0.15) is 0 Å². The van der Waals surface area contributed by atoms with Crippen LogP contribution in [0, 0.1) is 0 Å². The molecule has 150 valence electrons. The topological polar surface area (TPSA) is 76.4 Å². The monoisotopic (exact) mass is 409 g/mol. The number of benzene rings is 2. The fourth-order valence-corrected chi connectivity index (χ4v) is 4.45. The van der Waals surface area contributed by atoms with Crippen LogP contribution in [0.25, 0.3) is 0 Å². The summed E-state index contributed by atoms with van der Waals surface area (Å²) in [5.41, 5.74) is 0.0177. The van der Waals surface area contributed by atoms with Crippen molar-refractivity contribution in [3.63, 3.8) is 0 Å². The largest absolute Gasteiger partial charge is 0.457 e. The molecule has 2 unspecified atom stereocenters. The number of hydrogen-bond acceptors (Lipinski definition) is 5. The van der Waals surface area contributed by atoms with Crippen molar-refractivity contribution in [2.45, 2.75) is 29.1 Å². The van der Waals surface area contributed by atoms with Crippen molar-refractivity contribution < 1.29 is 14.6 Å². The lowest BCUT2D eigenvalue weighted by Gasteiger charge is -2.30. The number of aliphatic hydroxyl groups is 1. The van der Waals surface area contributed by atoms with Crippen LogP contribution in [0.15, 0.2) is 66.0 Å². The minimum absolute atomic E-state index is 0.0699. The van der Waals surface area contributed by atoms with Gasteiger partial charge in [0.25, 0.3) is 0 Å². The average Bonchev–Trinajstić information content (AvgIpc) is 3.14. The molecule has 2 heterocycles. The molecule has 7 heteroatoms. The lowest BCUT2D eigenvalue weighted by molar-refractivity contribution is -0.120. The number of amides is 1. The third kappa shape index (κ3) is 4.02. The minimum atomic E-state index is -1.32. The number of aryl methyl sites for hydroxylation is 1. The zero-order valence-corrected chi connectivity index (χ0v) is 17.1. The van der Waals surface area contributed by atoms with E-state index in [0.29, 0.717) is 35.7 Å². The van der Waals surface area contributed by atoms with Crippen LogP contribution >= 0.6 is 11.8 Å². The van der Waals surface area contributed by atoms with Gasteiger partial charge in [0, 0.05) is 24.9 Å². The van der Waals surface area contributed by atoms with Crippen molar-refractivity contribution in [1.29, 1.82) is 0 Å². The van der Waals surface area contributed by atoms with E-state index in [1.165, 1.54) is 11.8 Å². The predicted octanol–water partition coefficient (Wildman–Crippen LogP) is 3.45. The third-order valence-electron chi connectivity index (χ3n) is 5.06. The molecule has 0 saturated carbocycles. The molecule has 4 rings (SSSR count). The molecule has 0 radical (unpaired) electrons. The van der Waals surface area contributed by atoms with E-state index in [2.05, 4.69) is 10.3 Å². The lowest BCUT2D eigenvalue weighted by atomic mass is 9.87. The van der Waals surface area contributed by atoms with Gasteiger partial charge in [0.15, 0.2) is 0 Å². The van der Waals surface area contributed by atoms with Crippen LogP contribution < -0.4 is 10.1 Å². The second kappa shape index (κ2) is 7.93. The molecule has 2 N–H and O–H groups in total. The molecule has 1 aliphatic heterocycles. The molecule has 1 aliphatic rings. The van der Waals surface area contributed by atoms with Crippen LogP contribution in [0.1, 0.15) is 24.6 Å². The van der Waals surface area contributed by atoms with Gasteiger partial charge in [-0.05, 0) is 42.8 Å². The molecule has 2 aromatic carbocycles. The maximum Gasteiger partial charge on any atom is 0.233 e. The highest BCUT2D eigenvalue weighted by Gasteiger charge is 2.34. The summed E-state index contributed by atoms with van der Waals surface area (Å²) in [6, 6.07) is 15.1. The minimum Gasteiger partial charge on any atom is -0.457 e. The SMILES string of the molecule is CC1Sc2cccc(c2)Oc2cccc(c2)C(O)(c2cncn2C)CCNC1=O. The van der Waals surface area contributed by atoms with Gasteiger partial charge in [-0.3, -0.25) is 4.79 Å². The Labute approximate surface area is 173 Å². The molecule has 2 atom stereocenters. The number of imidazole rings is 1. The number of aromatic nitrogens is 2. The fourth-order valence-electron chi connectivity index (χ4n) is 3.51. The number of carbonyl (C=O) groups excluding carboxylic acids is 1. The lowest BCUT2D eigenvalue weighted by Crippen LogP contribution is -2.38. The first-order valence-electron chi connectivity index (χ1n) is 9.48. The Bertz CT molecular complexity index is 1040. The molecular formula is C22H23N3O3S. The van der Waals surface area contributed by atoms with E-state index in [0.717, 1.165) is 4.90 Å². The van der Waals surface area contributed by atoms with Crippen molar-refractivity contribution in [1.82, 2.24) is 14.9 Å². The van der Waals surface area contributed by atoms with Gasteiger partial charge < -0.3 is 19.7 Å². The van der Waals surface area contributed by atoms with E-state index < -0.39 is 5.60 Å². The Morgan fingerprint density at radius 3 is 2.76 bits per heavy atom. The zero-order chi connectivity index (χ0) is 20.4. The number of hydrogen-bond donors (Lipinski definition) is 2. The predicted molar refractivity (Wildman–Crippen MR) is 112 cm³/mol. The van der Waals surface area contributed by atoms with Crippen molar-refractivity contribution in [3.05, 3.63) is 72.3 Å². The third-order valence-corrected chi connectivity index (χ3v) is 6.16. The molecule has 4 bridgehead atoms. The Morgan fingerprint density at radius 1 is 1.24 bits per heavy atom. The summed E-state index contributed by atoms with van der Waals surface area (Å²) in [7, 11) is 1.84. The molecule has 6 nitrogen and oxygen atoms in total. The van der Waals surface area contributed by atoms with Crippen LogP contribution in [0.3, 0.4) is 0 Å². The highest BCUT2D eigenvalue weighted by molar-refractivity contribution is 8.00. The van der Waals surface area contributed by atoms with Gasteiger partial charge in [0.2, 0.25) is 5.91 Å². The average molecular weight is 410 g/mol. The van der Waals surface area contributed by atoms with Gasteiger partial charge in [-0.15, -0.1) is 11.8 Å². The quantitative estimate of drug-likeness (QED) is 0.644. The van der Waals surface area contributed by atoms with E-state index in [1.807, 2.05) is 62.5 Å². The van der Waals surface area contributed by atoms with E-state index in [-0.39, 0.29) is 11.2 Å². The second-order valence-corrected chi connectivity index (χ2v) is 8.57. The maximum atomic E-state index is 12.6. The standard InChI is InChI=1S/C22H23N3O3S/c1-15-21(26)24-10-9-22(27,20-13-23-14-25(20)2)16-5-3-6-17(11-16)28-18-7-4-8-19(12-18)29-15/h3-8,11-15,27H,9-10H2,1-2H3,(H,24,26). The van der Waals surface area contributed by atoms with E-state index in [4.69, 9.17) is 4.74 Å². The molecule has 0 aliphatic carbocycles.